The highest BCUT2D eigenvalue weighted by atomic mass is 16.5. The maximum absolute atomic E-state index is 12.8. The van der Waals surface area contributed by atoms with Crippen LogP contribution < -0.4 is 29.7 Å². The summed E-state index contributed by atoms with van der Waals surface area (Å²) in [4.78, 5) is 25.0. The molecule has 0 bridgehead atoms. The minimum Gasteiger partial charge on any atom is -0.493 e. The standard InChI is InChI=1S/C28H27NO7/c1-18-5-4-6-21(13-18)36-26-16-35-24-15-20(8-9-22(24)28(26)31)34-17-27(30)29-12-11-19-7-10-23(32-2)25(14-19)33-3/h4-10,13-16H,11-12,17H2,1-3H3,(H,29,30). The summed E-state index contributed by atoms with van der Waals surface area (Å²) in [6.07, 6.45) is 1.90. The quantitative estimate of drug-likeness (QED) is 0.346. The average molecular weight is 490 g/mol. The van der Waals surface area contributed by atoms with E-state index >= 15 is 0 Å². The molecule has 0 aliphatic heterocycles. The largest absolute Gasteiger partial charge is 0.493 e. The molecule has 0 fully saturated rings. The predicted molar refractivity (Wildman–Crippen MR) is 135 cm³/mol. The third-order valence-corrected chi connectivity index (χ3v) is 5.49. The van der Waals surface area contributed by atoms with Crippen LogP contribution in [0.25, 0.3) is 11.0 Å². The molecule has 1 amide bonds. The van der Waals surface area contributed by atoms with E-state index in [0.29, 0.717) is 46.9 Å². The summed E-state index contributed by atoms with van der Waals surface area (Å²) < 4.78 is 27.4. The fourth-order valence-corrected chi connectivity index (χ4v) is 3.64. The van der Waals surface area contributed by atoms with Gasteiger partial charge in [0.05, 0.1) is 19.6 Å². The summed E-state index contributed by atoms with van der Waals surface area (Å²) in [6.45, 7) is 2.21. The molecule has 8 nitrogen and oxygen atoms in total. The number of hydrogen-bond donors (Lipinski definition) is 1. The first-order chi connectivity index (χ1) is 17.5. The van der Waals surface area contributed by atoms with E-state index in [1.807, 2.05) is 43.3 Å². The van der Waals surface area contributed by atoms with Crippen molar-refractivity contribution in [1.29, 1.82) is 0 Å². The van der Waals surface area contributed by atoms with Crippen molar-refractivity contribution in [3.63, 3.8) is 0 Å². The zero-order chi connectivity index (χ0) is 25.5. The smallest absolute Gasteiger partial charge is 0.257 e. The van der Waals surface area contributed by atoms with Crippen LogP contribution >= 0.6 is 0 Å². The lowest BCUT2D eigenvalue weighted by Gasteiger charge is -2.11. The van der Waals surface area contributed by atoms with Crippen LogP contribution in [0.1, 0.15) is 11.1 Å². The van der Waals surface area contributed by atoms with Gasteiger partial charge in [-0.1, -0.05) is 18.2 Å². The van der Waals surface area contributed by atoms with Crippen molar-refractivity contribution in [2.75, 3.05) is 27.4 Å². The maximum atomic E-state index is 12.8. The lowest BCUT2D eigenvalue weighted by Crippen LogP contribution is -2.30. The molecule has 8 heteroatoms. The van der Waals surface area contributed by atoms with Gasteiger partial charge in [0.25, 0.3) is 5.91 Å². The van der Waals surface area contributed by atoms with Crippen LogP contribution in [-0.4, -0.2) is 33.3 Å². The molecule has 0 aliphatic rings. The van der Waals surface area contributed by atoms with Gasteiger partial charge < -0.3 is 28.7 Å². The fraction of sp³-hybridized carbons (Fsp3) is 0.214. The van der Waals surface area contributed by atoms with Gasteiger partial charge in [0, 0.05) is 12.6 Å². The first kappa shape index (κ1) is 24.7. The molecule has 1 heterocycles. The zero-order valence-corrected chi connectivity index (χ0v) is 20.3. The second kappa shape index (κ2) is 11.3. The third-order valence-electron chi connectivity index (χ3n) is 5.49. The van der Waals surface area contributed by atoms with E-state index < -0.39 is 0 Å². The van der Waals surface area contributed by atoms with Crippen LogP contribution in [0.2, 0.25) is 0 Å². The summed E-state index contributed by atoms with van der Waals surface area (Å²) in [5.74, 6) is 2.09. The number of ether oxygens (including phenoxy) is 4. The number of rotatable bonds is 10. The van der Waals surface area contributed by atoms with Gasteiger partial charge in [0.2, 0.25) is 11.2 Å². The molecule has 4 rings (SSSR count). The lowest BCUT2D eigenvalue weighted by atomic mass is 10.1. The second-order valence-electron chi connectivity index (χ2n) is 8.08. The SMILES string of the molecule is COc1ccc(CCNC(=O)COc2ccc3c(=O)c(Oc4cccc(C)c4)coc3c2)cc1OC. The molecule has 0 radical (unpaired) electrons. The molecule has 1 aromatic heterocycles. The van der Waals surface area contributed by atoms with Gasteiger partial charge in [-0.05, 0) is 60.9 Å². The highest BCUT2D eigenvalue weighted by Crippen LogP contribution is 2.28. The first-order valence-electron chi connectivity index (χ1n) is 11.4. The normalized spacial score (nSPS) is 10.6. The zero-order valence-electron chi connectivity index (χ0n) is 20.3. The number of hydrogen-bond acceptors (Lipinski definition) is 7. The molecule has 0 atom stereocenters. The van der Waals surface area contributed by atoms with Gasteiger partial charge in [0.1, 0.15) is 23.3 Å². The second-order valence-corrected chi connectivity index (χ2v) is 8.08. The highest BCUT2D eigenvalue weighted by Gasteiger charge is 2.11. The number of carbonyl (C=O) groups excluding carboxylic acids is 1. The summed E-state index contributed by atoms with van der Waals surface area (Å²) in [5.41, 5.74) is 2.06. The van der Waals surface area contributed by atoms with E-state index in [-0.39, 0.29) is 23.7 Å². The van der Waals surface area contributed by atoms with E-state index in [0.717, 1.165) is 11.1 Å². The number of benzene rings is 3. The molecule has 0 spiro atoms. The fourth-order valence-electron chi connectivity index (χ4n) is 3.64. The number of aryl methyl sites for hydroxylation is 1. The molecule has 3 aromatic carbocycles. The first-order valence-corrected chi connectivity index (χ1v) is 11.4. The third kappa shape index (κ3) is 5.96. The van der Waals surface area contributed by atoms with Crippen LogP contribution in [0.5, 0.6) is 28.7 Å². The number of methoxy groups -OCH3 is 2. The molecule has 0 aliphatic carbocycles. The van der Waals surface area contributed by atoms with Gasteiger partial charge >= 0.3 is 0 Å². The van der Waals surface area contributed by atoms with E-state index in [1.165, 1.54) is 6.26 Å². The molecule has 0 saturated heterocycles. The Kier molecular flexibility index (Phi) is 7.75. The Balaban J connectivity index is 1.32. The summed E-state index contributed by atoms with van der Waals surface area (Å²) in [7, 11) is 3.16. The van der Waals surface area contributed by atoms with Crippen molar-refractivity contribution in [3.05, 3.63) is 88.3 Å². The highest BCUT2D eigenvalue weighted by molar-refractivity contribution is 5.80. The van der Waals surface area contributed by atoms with Crippen molar-refractivity contribution in [2.45, 2.75) is 13.3 Å². The van der Waals surface area contributed by atoms with Crippen molar-refractivity contribution in [2.24, 2.45) is 0 Å². The van der Waals surface area contributed by atoms with Crippen molar-refractivity contribution >= 4 is 16.9 Å². The van der Waals surface area contributed by atoms with Gasteiger partial charge in [0.15, 0.2) is 18.1 Å². The Morgan fingerprint density at radius 2 is 1.75 bits per heavy atom. The Hall–Kier alpha value is -4.46. The maximum Gasteiger partial charge on any atom is 0.257 e. The predicted octanol–water partition coefficient (Wildman–Crippen LogP) is 4.65. The van der Waals surface area contributed by atoms with Crippen LogP contribution in [0.3, 0.4) is 0 Å². The molecule has 36 heavy (non-hydrogen) atoms. The number of amides is 1. The number of fused-ring (bicyclic) bond motifs is 1. The van der Waals surface area contributed by atoms with Crippen LogP contribution in [0.15, 0.2) is 76.1 Å². The molecular weight excluding hydrogens is 462 g/mol. The Morgan fingerprint density at radius 3 is 2.53 bits per heavy atom. The van der Waals surface area contributed by atoms with E-state index in [1.54, 1.807) is 38.5 Å². The number of carbonyl (C=O) groups is 1. The average Bonchev–Trinajstić information content (AvgIpc) is 2.89. The summed E-state index contributed by atoms with van der Waals surface area (Å²) in [6, 6.07) is 17.8. The van der Waals surface area contributed by atoms with E-state index in [9.17, 15) is 9.59 Å². The molecular formula is C28H27NO7. The minimum atomic E-state index is -0.294. The molecule has 0 unspecified atom stereocenters. The van der Waals surface area contributed by atoms with Crippen molar-refractivity contribution in [1.82, 2.24) is 5.32 Å². The molecule has 0 saturated carbocycles. The Bertz CT molecular complexity index is 1430. The van der Waals surface area contributed by atoms with Crippen molar-refractivity contribution in [3.8, 4) is 28.7 Å². The Morgan fingerprint density at radius 1 is 0.917 bits per heavy atom. The van der Waals surface area contributed by atoms with Crippen LogP contribution in [0.4, 0.5) is 0 Å². The molecule has 1 N–H and O–H groups in total. The van der Waals surface area contributed by atoms with Gasteiger partial charge in [-0.25, -0.2) is 0 Å². The molecule has 4 aromatic rings. The molecule has 186 valence electrons. The number of nitrogens with one attached hydrogen (secondary N) is 1. The van der Waals surface area contributed by atoms with Crippen LogP contribution in [0, 0.1) is 6.92 Å². The van der Waals surface area contributed by atoms with E-state index in [4.69, 9.17) is 23.4 Å². The summed E-state index contributed by atoms with van der Waals surface area (Å²) >= 11 is 0. The van der Waals surface area contributed by atoms with Crippen molar-refractivity contribution < 1.29 is 28.2 Å². The van der Waals surface area contributed by atoms with E-state index in [2.05, 4.69) is 5.32 Å². The topological polar surface area (TPSA) is 96.2 Å². The van der Waals surface area contributed by atoms with Gasteiger partial charge in [-0.3, -0.25) is 9.59 Å². The lowest BCUT2D eigenvalue weighted by molar-refractivity contribution is -0.123. The van der Waals surface area contributed by atoms with Gasteiger partial charge in [-0.15, -0.1) is 0 Å². The summed E-state index contributed by atoms with van der Waals surface area (Å²) in [5, 5.41) is 3.18. The Labute approximate surface area is 208 Å². The van der Waals surface area contributed by atoms with Crippen LogP contribution in [-0.2, 0) is 11.2 Å². The van der Waals surface area contributed by atoms with Gasteiger partial charge in [-0.2, -0.15) is 0 Å². The minimum absolute atomic E-state index is 0.0932. The monoisotopic (exact) mass is 489 g/mol.